The second-order valence-electron chi connectivity index (χ2n) is 4.69. The molecule has 5 heteroatoms. The number of aryl methyl sites for hydroxylation is 1. The molecule has 0 spiro atoms. The van der Waals surface area contributed by atoms with E-state index in [0.29, 0.717) is 27.4 Å². The fourth-order valence-electron chi connectivity index (χ4n) is 2.10. The third-order valence-corrected chi connectivity index (χ3v) is 3.43. The number of benzene rings is 2. The summed E-state index contributed by atoms with van der Waals surface area (Å²) in [6.45, 7) is 1.86. The fourth-order valence-corrected chi connectivity index (χ4v) is 2.27. The maximum Gasteiger partial charge on any atom is 0.189 e. The zero-order valence-electron chi connectivity index (χ0n) is 11.2. The Morgan fingerprint density at radius 2 is 2.05 bits per heavy atom. The summed E-state index contributed by atoms with van der Waals surface area (Å²) in [6.07, 6.45) is 1.57. The van der Waals surface area contributed by atoms with E-state index < -0.39 is 5.82 Å². The van der Waals surface area contributed by atoms with Gasteiger partial charge in [-0.15, -0.1) is 0 Å². The second kappa shape index (κ2) is 5.22. The number of ether oxygens (including phenoxy) is 1. The van der Waals surface area contributed by atoms with Crippen molar-refractivity contribution in [2.24, 2.45) is 0 Å². The lowest BCUT2D eigenvalue weighted by molar-refractivity contribution is 0.444. The highest BCUT2D eigenvalue weighted by Gasteiger charge is 2.15. The molecule has 0 atom stereocenters. The van der Waals surface area contributed by atoms with Crippen LogP contribution in [0.15, 0.2) is 42.6 Å². The molecule has 0 radical (unpaired) electrons. The highest BCUT2D eigenvalue weighted by Crippen LogP contribution is 2.36. The molecule has 0 aliphatic carbocycles. The molecule has 1 aromatic heterocycles. The first-order valence-electron chi connectivity index (χ1n) is 6.33. The first-order chi connectivity index (χ1) is 10.1. The molecule has 0 amide bonds. The van der Waals surface area contributed by atoms with E-state index >= 15 is 0 Å². The van der Waals surface area contributed by atoms with Gasteiger partial charge in [-0.1, -0.05) is 17.7 Å². The van der Waals surface area contributed by atoms with Crippen LogP contribution >= 0.6 is 11.6 Å². The topological polar surface area (TPSA) is 48.1 Å². The van der Waals surface area contributed by atoms with Gasteiger partial charge in [-0.05, 0) is 36.8 Å². The van der Waals surface area contributed by atoms with Crippen molar-refractivity contribution in [2.45, 2.75) is 6.92 Å². The molecular formula is C16H12ClFN2O. The van der Waals surface area contributed by atoms with Gasteiger partial charge in [-0.2, -0.15) is 0 Å². The Labute approximate surface area is 126 Å². The lowest BCUT2D eigenvalue weighted by Crippen LogP contribution is -1.97. The predicted octanol–water partition coefficient (Wildman–Crippen LogP) is 4.71. The van der Waals surface area contributed by atoms with Gasteiger partial charge in [0.15, 0.2) is 11.6 Å². The maximum absolute atomic E-state index is 14.2. The van der Waals surface area contributed by atoms with E-state index in [1.165, 1.54) is 6.07 Å². The first-order valence-corrected chi connectivity index (χ1v) is 6.71. The summed E-state index contributed by atoms with van der Waals surface area (Å²) in [5.74, 6) is -0.0265. The molecule has 3 nitrogen and oxygen atoms in total. The van der Waals surface area contributed by atoms with Crippen LogP contribution in [0.2, 0.25) is 5.02 Å². The van der Waals surface area contributed by atoms with Crippen LogP contribution in [0.1, 0.15) is 5.56 Å². The molecule has 2 aromatic carbocycles. The molecule has 21 heavy (non-hydrogen) atoms. The van der Waals surface area contributed by atoms with E-state index in [9.17, 15) is 4.39 Å². The number of rotatable bonds is 2. The number of nitrogen functional groups attached to an aromatic ring is 1. The average molecular weight is 303 g/mol. The third kappa shape index (κ3) is 2.50. The Morgan fingerprint density at radius 1 is 1.24 bits per heavy atom. The minimum atomic E-state index is -0.557. The summed E-state index contributed by atoms with van der Waals surface area (Å²) in [5.41, 5.74) is 7.37. The zero-order valence-corrected chi connectivity index (χ0v) is 12.0. The molecule has 3 aromatic rings. The van der Waals surface area contributed by atoms with Crippen LogP contribution in [0.3, 0.4) is 0 Å². The van der Waals surface area contributed by atoms with Crippen molar-refractivity contribution < 1.29 is 9.13 Å². The van der Waals surface area contributed by atoms with Crippen LogP contribution in [0.5, 0.6) is 11.5 Å². The standard InChI is InChI=1S/C16H12ClFN2O/c1-9-4-5-10(17)7-14(9)21-16-12(18)8-13(19)11-3-2-6-20-15(11)16/h2-8H,19H2,1H3. The summed E-state index contributed by atoms with van der Waals surface area (Å²) >= 11 is 5.96. The molecular weight excluding hydrogens is 291 g/mol. The molecule has 0 aliphatic heterocycles. The lowest BCUT2D eigenvalue weighted by Gasteiger charge is -2.13. The number of halogens is 2. The summed E-state index contributed by atoms with van der Waals surface area (Å²) in [4.78, 5) is 4.17. The van der Waals surface area contributed by atoms with Gasteiger partial charge in [0.1, 0.15) is 11.3 Å². The molecule has 0 bridgehead atoms. The number of hydrogen-bond donors (Lipinski definition) is 1. The van der Waals surface area contributed by atoms with Crippen LogP contribution in [-0.4, -0.2) is 4.98 Å². The fraction of sp³-hybridized carbons (Fsp3) is 0.0625. The van der Waals surface area contributed by atoms with Gasteiger partial charge in [0.05, 0.1) is 0 Å². The van der Waals surface area contributed by atoms with Gasteiger partial charge >= 0.3 is 0 Å². The minimum Gasteiger partial charge on any atom is -0.452 e. The molecule has 0 saturated carbocycles. The maximum atomic E-state index is 14.2. The average Bonchev–Trinajstić information content (AvgIpc) is 2.47. The van der Waals surface area contributed by atoms with E-state index in [1.54, 1.807) is 30.5 Å². The molecule has 0 fully saturated rings. The molecule has 3 rings (SSSR count). The monoisotopic (exact) mass is 302 g/mol. The quantitative estimate of drug-likeness (QED) is 0.697. The molecule has 0 saturated heterocycles. The number of pyridine rings is 1. The molecule has 106 valence electrons. The molecule has 0 unspecified atom stereocenters. The Morgan fingerprint density at radius 3 is 2.86 bits per heavy atom. The molecule has 2 N–H and O–H groups in total. The summed E-state index contributed by atoms with van der Waals surface area (Å²) < 4.78 is 19.9. The van der Waals surface area contributed by atoms with Crippen molar-refractivity contribution in [2.75, 3.05) is 5.73 Å². The van der Waals surface area contributed by atoms with Crippen LogP contribution in [0, 0.1) is 12.7 Å². The SMILES string of the molecule is Cc1ccc(Cl)cc1Oc1c(F)cc(N)c2cccnc12. The third-order valence-electron chi connectivity index (χ3n) is 3.20. The van der Waals surface area contributed by atoms with Crippen LogP contribution in [0.4, 0.5) is 10.1 Å². The first kappa shape index (κ1) is 13.6. The van der Waals surface area contributed by atoms with E-state index in [1.807, 2.05) is 13.0 Å². The Balaban J connectivity index is 2.19. The number of fused-ring (bicyclic) bond motifs is 1. The summed E-state index contributed by atoms with van der Waals surface area (Å²) in [6, 6.07) is 9.95. The smallest absolute Gasteiger partial charge is 0.189 e. The van der Waals surface area contributed by atoms with E-state index in [2.05, 4.69) is 4.98 Å². The molecule has 1 heterocycles. The van der Waals surface area contributed by atoms with Crippen molar-refractivity contribution in [3.63, 3.8) is 0 Å². The predicted molar refractivity (Wildman–Crippen MR) is 82.4 cm³/mol. The van der Waals surface area contributed by atoms with Crippen LogP contribution < -0.4 is 10.5 Å². The summed E-state index contributed by atoms with van der Waals surface area (Å²) in [7, 11) is 0. The van der Waals surface area contributed by atoms with Crippen molar-refractivity contribution in [1.82, 2.24) is 4.98 Å². The lowest BCUT2D eigenvalue weighted by atomic mass is 10.1. The minimum absolute atomic E-state index is 0.0465. The largest absolute Gasteiger partial charge is 0.452 e. The van der Waals surface area contributed by atoms with Gasteiger partial charge in [0, 0.05) is 28.4 Å². The van der Waals surface area contributed by atoms with Crippen LogP contribution in [0.25, 0.3) is 10.9 Å². The normalized spacial score (nSPS) is 10.8. The number of nitrogens with zero attached hydrogens (tertiary/aromatic N) is 1. The highest BCUT2D eigenvalue weighted by atomic mass is 35.5. The van der Waals surface area contributed by atoms with Crippen molar-refractivity contribution >= 4 is 28.2 Å². The van der Waals surface area contributed by atoms with Gasteiger partial charge in [0.2, 0.25) is 0 Å². The highest BCUT2D eigenvalue weighted by molar-refractivity contribution is 6.30. The Hall–Kier alpha value is -2.33. The zero-order chi connectivity index (χ0) is 15.0. The number of hydrogen-bond acceptors (Lipinski definition) is 3. The second-order valence-corrected chi connectivity index (χ2v) is 5.12. The van der Waals surface area contributed by atoms with Crippen molar-refractivity contribution in [3.05, 3.63) is 59.0 Å². The van der Waals surface area contributed by atoms with Crippen molar-refractivity contribution in [3.8, 4) is 11.5 Å². The molecule has 0 aliphatic rings. The van der Waals surface area contributed by atoms with Gasteiger partial charge < -0.3 is 10.5 Å². The Kier molecular flexibility index (Phi) is 3.39. The Bertz CT molecular complexity index is 836. The van der Waals surface area contributed by atoms with E-state index in [0.717, 1.165) is 5.56 Å². The van der Waals surface area contributed by atoms with Crippen LogP contribution in [-0.2, 0) is 0 Å². The number of nitrogens with two attached hydrogens (primary N) is 1. The van der Waals surface area contributed by atoms with E-state index in [4.69, 9.17) is 22.1 Å². The van der Waals surface area contributed by atoms with Gasteiger partial charge in [0.25, 0.3) is 0 Å². The summed E-state index contributed by atoms with van der Waals surface area (Å²) in [5, 5.41) is 1.16. The number of aromatic nitrogens is 1. The number of anilines is 1. The van der Waals surface area contributed by atoms with E-state index in [-0.39, 0.29) is 5.75 Å². The van der Waals surface area contributed by atoms with Gasteiger partial charge in [-0.3, -0.25) is 4.98 Å². The van der Waals surface area contributed by atoms with Crippen molar-refractivity contribution in [1.29, 1.82) is 0 Å². The van der Waals surface area contributed by atoms with Gasteiger partial charge in [-0.25, -0.2) is 4.39 Å².